The molecular weight excluding hydrogens is 325 g/mol. The van der Waals surface area contributed by atoms with Gasteiger partial charge in [-0.05, 0) is 46.6 Å². The van der Waals surface area contributed by atoms with Crippen LogP contribution in [0.1, 0.15) is 13.3 Å². The first kappa shape index (κ1) is 14.7. The van der Waals surface area contributed by atoms with Crippen LogP contribution in [-0.4, -0.2) is 6.61 Å². The Bertz CT molecular complexity index is 604. The van der Waals surface area contributed by atoms with Gasteiger partial charge in [0, 0.05) is 6.07 Å². The number of rotatable bonds is 5. The third-order valence-electron chi connectivity index (χ3n) is 2.61. The average Bonchev–Trinajstić information content (AvgIpc) is 2.44. The van der Waals surface area contributed by atoms with Crippen LogP contribution in [-0.2, 0) is 0 Å². The summed E-state index contributed by atoms with van der Waals surface area (Å²) in [6, 6.07) is 9.81. The highest BCUT2D eigenvalue weighted by atomic mass is 79.9. The van der Waals surface area contributed by atoms with E-state index in [9.17, 15) is 4.39 Å². The van der Waals surface area contributed by atoms with Crippen molar-refractivity contribution in [2.24, 2.45) is 0 Å². The Morgan fingerprint density at radius 2 is 1.95 bits per heavy atom. The molecule has 0 aromatic heterocycles. The first-order valence-corrected chi connectivity index (χ1v) is 7.05. The molecule has 2 rings (SSSR count). The van der Waals surface area contributed by atoms with E-state index < -0.39 is 0 Å². The van der Waals surface area contributed by atoms with Crippen LogP contribution in [0.3, 0.4) is 0 Å². The van der Waals surface area contributed by atoms with Gasteiger partial charge in [0.15, 0.2) is 5.75 Å². The van der Waals surface area contributed by atoms with Gasteiger partial charge >= 0.3 is 0 Å². The Morgan fingerprint density at radius 1 is 1.20 bits per heavy atom. The minimum atomic E-state index is -0.389. The minimum absolute atomic E-state index is 0.380. The standard InChI is InChI=1S/C15H15BrFNO2/c1-2-8-19-13-4-3-5-14(15(13)18)20-10-6-7-11(16)12(17)9-10/h3-7,9H,2,8,18H2,1H3. The van der Waals surface area contributed by atoms with Crippen molar-refractivity contribution in [1.82, 2.24) is 0 Å². The molecule has 0 atom stereocenters. The van der Waals surface area contributed by atoms with E-state index in [4.69, 9.17) is 15.2 Å². The van der Waals surface area contributed by atoms with Crippen LogP contribution in [0.25, 0.3) is 0 Å². The van der Waals surface area contributed by atoms with Gasteiger partial charge in [-0.15, -0.1) is 0 Å². The number of anilines is 1. The van der Waals surface area contributed by atoms with E-state index in [-0.39, 0.29) is 5.82 Å². The monoisotopic (exact) mass is 339 g/mol. The van der Waals surface area contributed by atoms with Gasteiger partial charge in [-0.2, -0.15) is 0 Å². The molecule has 0 radical (unpaired) electrons. The summed E-state index contributed by atoms with van der Waals surface area (Å²) in [6.45, 7) is 2.60. The number of nitrogens with two attached hydrogens (primary N) is 1. The van der Waals surface area contributed by atoms with Crippen molar-refractivity contribution >= 4 is 21.6 Å². The van der Waals surface area contributed by atoms with Crippen molar-refractivity contribution in [3.8, 4) is 17.2 Å². The first-order valence-electron chi connectivity index (χ1n) is 6.26. The van der Waals surface area contributed by atoms with Crippen LogP contribution in [0.15, 0.2) is 40.9 Å². The summed E-state index contributed by atoms with van der Waals surface area (Å²) in [5, 5.41) is 0. The maximum Gasteiger partial charge on any atom is 0.154 e. The predicted octanol–water partition coefficient (Wildman–Crippen LogP) is 4.75. The van der Waals surface area contributed by atoms with E-state index in [0.29, 0.717) is 34.0 Å². The van der Waals surface area contributed by atoms with Gasteiger partial charge in [-0.3, -0.25) is 0 Å². The van der Waals surface area contributed by atoms with Gasteiger partial charge in [0.1, 0.15) is 23.0 Å². The van der Waals surface area contributed by atoms with E-state index in [1.165, 1.54) is 6.07 Å². The number of benzene rings is 2. The largest absolute Gasteiger partial charge is 0.491 e. The van der Waals surface area contributed by atoms with Crippen molar-refractivity contribution in [3.63, 3.8) is 0 Å². The lowest BCUT2D eigenvalue weighted by atomic mass is 10.2. The van der Waals surface area contributed by atoms with Crippen LogP contribution < -0.4 is 15.2 Å². The van der Waals surface area contributed by atoms with E-state index >= 15 is 0 Å². The molecule has 0 spiro atoms. The highest BCUT2D eigenvalue weighted by Crippen LogP contribution is 2.35. The Kier molecular flexibility index (Phi) is 4.84. The summed E-state index contributed by atoms with van der Waals surface area (Å²) in [7, 11) is 0. The Balaban J connectivity index is 2.22. The van der Waals surface area contributed by atoms with Crippen molar-refractivity contribution in [3.05, 3.63) is 46.7 Å². The van der Waals surface area contributed by atoms with Crippen LogP contribution in [0.2, 0.25) is 0 Å². The molecule has 5 heteroatoms. The maximum atomic E-state index is 13.4. The van der Waals surface area contributed by atoms with Gasteiger partial charge < -0.3 is 15.2 Å². The first-order chi connectivity index (χ1) is 9.61. The highest BCUT2D eigenvalue weighted by Gasteiger charge is 2.09. The molecule has 106 valence electrons. The molecule has 0 unspecified atom stereocenters. The number of hydrogen-bond acceptors (Lipinski definition) is 3. The Hall–Kier alpha value is -1.75. The normalized spacial score (nSPS) is 10.3. The zero-order valence-corrected chi connectivity index (χ0v) is 12.6. The van der Waals surface area contributed by atoms with Gasteiger partial charge in [-0.25, -0.2) is 4.39 Å². The molecule has 0 aliphatic rings. The smallest absolute Gasteiger partial charge is 0.154 e. The number of para-hydroxylation sites is 1. The fourth-order valence-electron chi connectivity index (χ4n) is 1.62. The number of ether oxygens (including phenoxy) is 2. The summed E-state index contributed by atoms with van der Waals surface area (Å²) in [5.41, 5.74) is 6.39. The molecule has 2 aromatic carbocycles. The minimum Gasteiger partial charge on any atom is -0.491 e. The van der Waals surface area contributed by atoms with Crippen molar-refractivity contribution in [2.45, 2.75) is 13.3 Å². The molecule has 2 N–H and O–H groups in total. The van der Waals surface area contributed by atoms with Crippen LogP contribution >= 0.6 is 15.9 Å². The molecule has 0 aliphatic heterocycles. The molecule has 0 fully saturated rings. The predicted molar refractivity (Wildman–Crippen MR) is 80.8 cm³/mol. The van der Waals surface area contributed by atoms with Crippen molar-refractivity contribution < 1.29 is 13.9 Å². The number of nitrogen functional groups attached to an aromatic ring is 1. The van der Waals surface area contributed by atoms with E-state index in [0.717, 1.165) is 6.42 Å². The molecule has 0 aliphatic carbocycles. The van der Waals surface area contributed by atoms with E-state index in [2.05, 4.69) is 15.9 Å². The lowest BCUT2D eigenvalue weighted by Crippen LogP contribution is -2.00. The quantitative estimate of drug-likeness (QED) is 0.799. The van der Waals surface area contributed by atoms with E-state index in [1.807, 2.05) is 6.92 Å². The second-order valence-corrected chi connectivity index (χ2v) is 5.05. The fraction of sp³-hybridized carbons (Fsp3) is 0.200. The maximum absolute atomic E-state index is 13.4. The second-order valence-electron chi connectivity index (χ2n) is 4.19. The van der Waals surface area contributed by atoms with Crippen molar-refractivity contribution in [2.75, 3.05) is 12.3 Å². The van der Waals surface area contributed by atoms with Gasteiger partial charge in [0.25, 0.3) is 0 Å². The molecular formula is C15H15BrFNO2. The second kappa shape index (κ2) is 6.61. The number of hydrogen-bond donors (Lipinski definition) is 1. The van der Waals surface area contributed by atoms with Gasteiger partial charge in [0.05, 0.1) is 11.1 Å². The summed E-state index contributed by atoms with van der Waals surface area (Å²) in [6.07, 6.45) is 0.891. The Labute approximate surface area is 125 Å². The molecule has 3 nitrogen and oxygen atoms in total. The zero-order valence-electron chi connectivity index (χ0n) is 11.0. The molecule has 0 bridgehead atoms. The molecule has 2 aromatic rings. The lowest BCUT2D eigenvalue weighted by Gasteiger charge is -2.13. The number of halogens is 2. The summed E-state index contributed by atoms with van der Waals surface area (Å²) in [5.74, 6) is 1.01. The molecule has 0 heterocycles. The van der Waals surface area contributed by atoms with Gasteiger partial charge in [-0.1, -0.05) is 13.0 Å². The molecule has 20 heavy (non-hydrogen) atoms. The third kappa shape index (κ3) is 3.42. The van der Waals surface area contributed by atoms with Crippen molar-refractivity contribution in [1.29, 1.82) is 0 Å². The zero-order chi connectivity index (χ0) is 14.5. The summed E-state index contributed by atoms with van der Waals surface area (Å²) < 4.78 is 25.0. The van der Waals surface area contributed by atoms with Crippen LogP contribution in [0.4, 0.5) is 10.1 Å². The van der Waals surface area contributed by atoms with Crippen LogP contribution in [0, 0.1) is 5.82 Å². The molecule has 0 saturated carbocycles. The fourth-order valence-corrected chi connectivity index (χ4v) is 1.86. The topological polar surface area (TPSA) is 44.5 Å². The van der Waals surface area contributed by atoms with E-state index in [1.54, 1.807) is 30.3 Å². The lowest BCUT2D eigenvalue weighted by molar-refractivity contribution is 0.318. The average molecular weight is 340 g/mol. The van der Waals surface area contributed by atoms with Crippen LogP contribution in [0.5, 0.6) is 17.2 Å². The summed E-state index contributed by atoms with van der Waals surface area (Å²) in [4.78, 5) is 0. The third-order valence-corrected chi connectivity index (χ3v) is 3.25. The molecule has 0 amide bonds. The van der Waals surface area contributed by atoms with Gasteiger partial charge in [0.2, 0.25) is 0 Å². The SMILES string of the molecule is CCCOc1cccc(Oc2ccc(Br)c(F)c2)c1N. The summed E-state index contributed by atoms with van der Waals surface area (Å²) >= 11 is 3.09. The highest BCUT2D eigenvalue weighted by molar-refractivity contribution is 9.10. The molecule has 0 saturated heterocycles. The Morgan fingerprint density at radius 3 is 2.65 bits per heavy atom.